The topological polar surface area (TPSA) is 68.0 Å². The summed E-state index contributed by atoms with van der Waals surface area (Å²) in [5, 5.41) is 13.2. The van der Waals surface area contributed by atoms with Crippen molar-refractivity contribution in [1.29, 1.82) is 0 Å². The predicted octanol–water partition coefficient (Wildman–Crippen LogP) is 1.57. The molecule has 0 atom stereocenters. The van der Waals surface area contributed by atoms with E-state index in [-0.39, 0.29) is 6.42 Å². The first kappa shape index (κ1) is 12.3. The Bertz CT molecular complexity index is 575. The molecule has 0 bridgehead atoms. The average molecular weight is 245 g/mol. The van der Waals surface area contributed by atoms with Gasteiger partial charge in [0.2, 0.25) is 0 Å². The largest absolute Gasteiger partial charge is 0.481 e. The summed E-state index contributed by atoms with van der Waals surface area (Å²) >= 11 is 0. The Labute approximate surface area is 105 Å². The molecule has 94 valence electrons. The van der Waals surface area contributed by atoms with Crippen molar-refractivity contribution in [3.63, 3.8) is 0 Å². The fraction of sp³-hybridized carbons (Fsp3) is 0.308. The number of hydrogen-bond donors (Lipinski definition) is 1. The van der Waals surface area contributed by atoms with Crippen LogP contribution in [0.5, 0.6) is 0 Å². The molecule has 1 N–H and O–H groups in total. The van der Waals surface area contributed by atoms with Crippen LogP contribution in [-0.4, -0.2) is 25.8 Å². The molecular weight excluding hydrogens is 230 g/mol. The van der Waals surface area contributed by atoms with E-state index in [4.69, 9.17) is 5.11 Å². The second-order valence-electron chi connectivity index (χ2n) is 4.20. The molecule has 1 heterocycles. The van der Waals surface area contributed by atoms with Crippen LogP contribution in [0.1, 0.15) is 22.8 Å². The third kappa shape index (κ3) is 2.74. The molecule has 0 aliphatic rings. The van der Waals surface area contributed by atoms with Gasteiger partial charge in [-0.1, -0.05) is 24.3 Å². The fourth-order valence-electron chi connectivity index (χ4n) is 1.92. The van der Waals surface area contributed by atoms with Crippen molar-refractivity contribution >= 4 is 5.97 Å². The number of aromatic nitrogens is 3. The standard InChI is InChI=1S/C13H15N3O2/c1-9-14-10(2)16(15-9)8-12-6-4-3-5-11(12)7-13(17)18/h3-6H,7-8H2,1-2H3,(H,17,18). The SMILES string of the molecule is Cc1nc(C)n(Cc2ccccc2CC(=O)O)n1. The van der Waals surface area contributed by atoms with E-state index >= 15 is 0 Å². The van der Waals surface area contributed by atoms with Gasteiger partial charge in [0, 0.05) is 0 Å². The number of nitrogens with zero attached hydrogens (tertiary/aromatic N) is 3. The van der Waals surface area contributed by atoms with Gasteiger partial charge in [0.1, 0.15) is 11.6 Å². The van der Waals surface area contributed by atoms with E-state index in [1.807, 2.05) is 38.1 Å². The maximum absolute atomic E-state index is 10.8. The molecular formula is C13H15N3O2. The molecule has 0 radical (unpaired) electrons. The molecule has 0 fully saturated rings. The summed E-state index contributed by atoms with van der Waals surface area (Å²) in [6.07, 6.45) is 0.0307. The van der Waals surface area contributed by atoms with Gasteiger partial charge in [0.15, 0.2) is 0 Å². The molecule has 0 saturated heterocycles. The van der Waals surface area contributed by atoms with Crippen molar-refractivity contribution in [3.8, 4) is 0 Å². The van der Waals surface area contributed by atoms with Crippen molar-refractivity contribution in [3.05, 3.63) is 47.0 Å². The third-order valence-corrected chi connectivity index (χ3v) is 2.74. The van der Waals surface area contributed by atoms with Crippen LogP contribution in [-0.2, 0) is 17.8 Å². The van der Waals surface area contributed by atoms with E-state index in [0.29, 0.717) is 6.54 Å². The normalized spacial score (nSPS) is 10.6. The zero-order valence-electron chi connectivity index (χ0n) is 10.4. The van der Waals surface area contributed by atoms with Gasteiger partial charge in [0.05, 0.1) is 13.0 Å². The summed E-state index contributed by atoms with van der Waals surface area (Å²) in [5.74, 6) is 0.731. The van der Waals surface area contributed by atoms with Crippen LogP contribution in [0.2, 0.25) is 0 Å². The molecule has 2 rings (SSSR count). The van der Waals surface area contributed by atoms with Crippen molar-refractivity contribution in [1.82, 2.24) is 14.8 Å². The lowest BCUT2D eigenvalue weighted by atomic mass is 10.0. The summed E-state index contributed by atoms with van der Waals surface area (Å²) in [7, 11) is 0. The molecule has 0 spiro atoms. The lowest BCUT2D eigenvalue weighted by Gasteiger charge is -2.08. The highest BCUT2D eigenvalue weighted by Crippen LogP contribution is 2.12. The molecule has 0 aliphatic carbocycles. The van der Waals surface area contributed by atoms with Gasteiger partial charge in [-0.15, -0.1) is 0 Å². The van der Waals surface area contributed by atoms with Crippen molar-refractivity contribution in [2.45, 2.75) is 26.8 Å². The first-order valence-electron chi connectivity index (χ1n) is 5.73. The summed E-state index contributed by atoms with van der Waals surface area (Å²) in [6, 6.07) is 7.51. The Kier molecular flexibility index (Phi) is 3.41. The minimum atomic E-state index is -0.825. The number of aryl methyl sites for hydroxylation is 2. The zero-order chi connectivity index (χ0) is 13.1. The molecule has 1 aromatic carbocycles. The van der Waals surface area contributed by atoms with E-state index in [1.54, 1.807) is 4.68 Å². The number of carbonyl (C=O) groups is 1. The Morgan fingerprint density at radius 2 is 1.94 bits per heavy atom. The molecule has 0 saturated carbocycles. The molecule has 0 amide bonds. The Morgan fingerprint density at radius 3 is 2.50 bits per heavy atom. The maximum atomic E-state index is 10.8. The summed E-state index contributed by atoms with van der Waals surface area (Å²) in [5.41, 5.74) is 1.78. The Balaban J connectivity index is 2.28. The molecule has 0 aliphatic heterocycles. The van der Waals surface area contributed by atoms with Crippen molar-refractivity contribution in [2.75, 3.05) is 0 Å². The monoisotopic (exact) mass is 245 g/mol. The van der Waals surface area contributed by atoms with Crippen LogP contribution in [0.4, 0.5) is 0 Å². The number of aliphatic carboxylic acids is 1. The number of hydrogen-bond acceptors (Lipinski definition) is 3. The Morgan fingerprint density at radius 1 is 1.28 bits per heavy atom. The smallest absolute Gasteiger partial charge is 0.307 e. The van der Waals surface area contributed by atoms with Crippen LogP contribution in [0, 0.1) is 13.8 Å². The van der Waals surface area contributed by atoms with E-state index in [1.165, 1.54) is 0 Å². The van der Waals surface area contributed by atoms with Crippen molar-refractivity contribution < 1.29 is 9.90 Å². The molecule has 0 unspecified atom stereocenters. The van der Waals surface area contributed by atoms with Gasteiger partial charge in [0.25, 0.3) is 0 Å². The number of carboxylic acid groups (broad SMARTS) is 1. The highest BCUT2D eigenvalue weighted by Gasteiger charge is 2.09. The van der Waals surface area contributed by atoms with E-state index in [0.717, 1.165) is 22.8 Å². The van der Waals surface area contributed by atoms with Crippen LogP contribution in [0.3, 0.4) is 0 Å². The van der Waals surface area contributed by atoms with Crippen LogP contribution in [0.25, 0.3) is 0 Å². The first-order chi connectivity index (χ1) is 8.56. The van der Waals surface area contributed by atoms with Gasteiger partial charge in [-0.25, -0.2) is 9.67 Å². The molecule has 1 aromatic heterocycles. The minimum absolute atomic E-state index is 0.0307. The lowest BCUT2D eigenvalue weighted by Crippen LogP contribution is -2.09. The first-order valence-corrected chi connectivity index (χ1v) is 5.73. The lowest BCUT2D eigenvalue weighted by molar-refractivity contribution is -0.136. The number of rotatable bonds is 4. The van der Waals surface area contributed by atoms with E-state index < -0.39 is 5.97 Å². The Hall–Kier alpha value is -2.17. The second-order valence-corrected chi connectivity index (χ2v) is 4.20. The summed E-state index contributed by atoms with van der Waals surface area (Å²) in [4.78, 5) is 15.0. The molecule has 2 aromatic rings. The zero-order valence-corrected chi connectivity index (χ0v) is 10.4. The number of carboxylic acids is 1. The fourth-order valence-corrected chi connectivity index (χ4v) is 1.92. The van der Waals surface area contributed by atoms with Crippen LogP contribution in [0.15, 0.2) is 24.3 Å². The van der Waals surface area contributed by atoms with Crippen LogP contribution < -0.4 is 0 Å². The quantitative estimate of drug-likeness (QED) is 0.887. The van der Waals surface area contributed by atoms with Gasteiger partial charge in [-0.3, -0.25) is 4.79 Å². The van der Waals surface area contributed by atoms with Gasteiger partial charge >= 0.3 is 5.97 Å². The summed E-state index contributed by atoms with van der Waals surface area (Å²) in [6.45, 7) is 4.28. The second kappa shape index (κ2) is 5.00. The third-order valence-electron chi connectivity index (χ3n) is 2.74. The highest BCUT2D eigenvalue weighted by molar-refractivity contribution is 5.70. The number of benzene rings is 1. The van der Waals surface area contributed by atoms with Gasteiger partial charge < -0.3 is 5.11 Å². The molecule has 5 heteroatoms. The molecule has 18 heavy (non-hydrogen) atoms. The predicted molar refractivity (Wildman–Crippen MR) is 66.4 cm³/mol. The van der Waals surface area contributed by atoms with E-state index in [2.05, 4.69) is 10.1 Å². The highest BCUT2D eigenvalue weighted by atomic mass is 16.4. The van der Waals surface area contributed by atoms with E-state index in [9.17, 15) is 4.79 Å². The molecule has 5 nitrogen and oxygen atoms in total. The van der Waals surface area contributed by atoms with Gasteiger partial charge in [-0.05, 0) is 25.0 Å². The average Bonchev–Trinajstić information content (AvgIpc) is 2.59. The van der Waals surface area contributed by atoms with Gasteiger partial charge in [-0.2, -0.15) is 5.10 Å². The van der Waals surface area contributed by atoms with Crippen molar-refractivity contribution in [2.24, 2.45) is 0 Å². The maximum Gasteiger partial charge on any atom is 0.307 e. The minimum Gasteiger partial charge on any atom is -0.481 e. The summed E-state index contributed by atoms with van der Waals surface area (Å²) < 4.78 is 1.79. The van der Waals surface area contributed by atoms with Crippen LogP contribution >= 0.6 is 0 Å².